The van der Waals surface area contributed by atoms with Crippen LogP contribution in [0.4, 0.5) is 0 Å². The smallest absolute Gasteiger partial charge is 0.283 e. The van der Waals surface area contributed by atoms with Gasteiger partial charge in [0.15, 0.2) is 0 Å². The van der Waals surface area contributed by atoms with E-state index in [1.165, 1.54) is 28.6 Å². The number of nitrogens with zero attached hydrogens (tertiary/aromatic N) is 3. The fourth-order valence-corrected chi connectivity index (χ4v) is 3.82. The third-order valence-corrected chi connectivity index (χ3v) is 4.91. The Morgan fingerprint density at radius 1 is 1.27 bits per heavy atom. The van der Waals surface area contributed by atoms with E-state index in [0.717, 1.165) is 15.3 Å². The van der Waals surface area contributed by atoms with Gasteiger partial charge in [0.2, 0.25) is 0 Å². The lowest BCUT2D eigenvalue weighted by molar-refractivity contribution is 0.559. The molecule has 0 aliphatic heterocycles. The first kappa shape index (κ1) is 13.2. The summed E-state index contributed by atoms with van der Waals surface area (Å²) in [6.07, 6.45) is 4.48. The maximum Gasteiger partial charge on any atom is 0.283 e. The Hall–Kier alpha value is -2.51. The van der Waals surface area contributed by atoms with Crippen LogP contribution in [0.1, 0.15) is 5.76 Å². The Kier molecular flexibility index (Phi) is 3.21. The normalized spacial score (nSPS) is 11.6. The van der Waals surface area contributed by atoms with Gasteiger partial charge >= 0.3 is 0 Å². The van der Waals surface area contributed by atoms with E-state index in [1.807, 2.05) is 22.9 Å². The second kappa shape index (κ2) is 5.36. The molecule has 0 spiro atoms. The predicted molar refractivity (Wildman–Crippen MR) is 88.9 cm³/mol. The van der Waals surface area contributed by atoms with Crippen LogP contribution in [0.2, 0.25) is 0 Å². The van der Waals surface area contributed by atoms with Gasteiger partial charge in [0.1, 0.15) is 16.9 Å². The lowest BCUT2D eigenvalue weighted by Crippen LogP contribution is -2.16. The summed E-state index contributed by atoms with van der Waals surface area (Å²) >= 11 is 3.06. The molecule has 0 aliphatic rings. The van der Waals surface area contributed by atoms with Crippen molar-refractivity contribution in [1.82, 2.24) is 9.66 Å². The number of hydrogen-bond donors (Lipinski definition) is 0. The van der Waals surface area contributed by atoms with E-state index in [4.69, 9.17) is 4.42 Å². The van der Waals surface area contributed by atoms with E-state index in [9.17, 15) is 4.79 Å². The molecule has 4 aromatic heterocycles. The summed E-state index contributed by atoms with van der Waals surface area (Å²) in [5.41, 5.74) is 0.729. The first-order valence-electron chi connectivity index (χ1n) is 6.43. The minimum Gasteiger partial charge on any atom is -0.463 e. The third-order valence-electron chi connectivity index (χ3n) is 3.12. The van der Waals surface area contributed by atoms with Crippen LogP contribution >= 0.6 is 22.7 Å². The fraction of sp³-hybridized carbons (Fsp3) is 0. The summed E-state index contributed by atoms with van der Waals surface area (Å²) < 4.78 is 6.40. The average Bonchev–Trinajstić information content (AvgIpc) is 3.27. The lowest BCUT2D eigenvalue weighted by atomic mass is 10.2. The molecule has 0 amide bonds. The number of furan rings is 1. The highest BCUT2D eigenvalue weighted by Crippen LogP contribution is 2.33. The summed E-state index contributed by atoms with van der Waals surface area (Å²) in [5.74, 6) is 0.579. The second-order valence-electron chi connectivity index (χ2n) is 4.46. The van der Waals surface area contributed by atoms with Crippen LogP contribution in [-0.2, 0) is 0 Å². The molecule has 4 heterocycles. The predicted octanol–water partition coefficient (Wildman–Crippen LogP) is 3.66. The molecule has 0 atom stereocenters. The topological polar surface area (TPSA) is 60.4 Å². The molecule has 22 heavy (non-hydrogen) atoms. The Balaban J connectivity index is 1.86. The Morgan fingerprint density at radius 2 is 2.23 bits per heavy atom. The quantitative estimate of drug-likeness (QED) is 0.540. The molecule has 4 rings (SSSR count). The van der Waals surface area contributed by atoms with E-state index in [-0.39, 0.29) is 5.56 Å². The number of thiophene rings is 2. The van der Waals surface area contributed by atoms with Crippen molar-refractivity contribution in [3.8, 4) is 10.4 Å². The summed E-state index contributed by atoms with van der Waals surface area (Å²) in [6.45, 7) is 0. The van der Waals surface area contributed by atoms with Crippen LogP contribution in [0.25, 0.3) is 20.7 Å². The third kappa shape index (κ3) is 2.20. The minimum absolute atomic E-state index is 0.183. The van der Waals surface area contributed by atoms with Crippen molar-refractivity contribution in [3.05, 3.63) is 63.7 Å². The standard InChI is InChI=1S/C15H9N3O2S2/c19-15-13-11(12-4-2-6-21-12)8-22-14(13)16-9-18(15)17-7-10-3-1-5-20-10/h1-9H. The first-order valence-corrected chi connectivity index (χ1v) is 8.19. The van der Waals surface area contributed by atoms with E-state index >= 15 is 0 Å². The molecule has 7 heteroatoms. The van der Waals surface area contributed by atoms with Crippen molar-refractivity contribution in [2.45, 2.75) is 0 Å². The molecule has 0 unspecified atom stereocenters. The summed E-state index contributed by atoms with van der Waals surface area (Å²) in [4.78, 5) is 18.7. The van der Waals surface area contributed by atoms with Gasteiger partial charge < -0.3 is 4.42 Å². The molecular weight excluding hydrogens is 318 g/mol. The largest absolute Gasteiger partial charge is 0.463 e. The summed E-state index contributed by atoms with van der Waals surface area (Å²) in [6, 6.07) is 7.49. The van der Waals surface area contributed by atoms with E-state index in [2.05, 4.69) is 10.1 Å². The molecule has 5 nitrogen and oxygen atoms in total. The van der Waals surface area contributed by atoms with Crippen molar-refractivity contribution in [3.63, 3.8) is 0 Å². The highest BCUT2D eigenvalue weighted by Gasteiger charge is 2.13. The molecule has 0 aliphatic carbocycles. The highest BCUT2D eigenvalue weighted by molar-refractivity contribution is 7.18. The zero-order chi connectivity index (χ0) is 14.9. The molecule has 0 fully saturated rings. The van der Waals surface area contributed by atoms with Crippen molar-refractivity contribution in [2.24, 2.45) is 5.10 Å². The highest BCUT2D eigenvalue weighted by atomic mass is 32.1. The van der Waals surface area contributed by atoms with Gasteiger partial charge in [0.25, 0.3) is 5.56 Å². The van der Waals surface area contributed by atoms with Gasteiger partial charge in [-0.25, -0.2) is 4.98 Å². The fourth-order valence-electron chi connectivity index (χ4n) is 2.10. The van der Waals surface area contributed by atoms with Crippen LogP contribution in [0.15, 0.2) is 61.9 Å². The van der Waals surface area contributed by atoms with Crippen molar-refractivity contribution >= 4 is 39.1 Å². The zero-order valence-electron chi connectivity index (χ0n) is 11.2. The maximum atomic E-state index is 12.7. The summed E-state index contributed by atoms with van der Waals surface area (Å²) in [7, 11) is 0. The van der Waals surface area contributed by atoms with Gasteiger partial charge in [-0.05, 0) is 23.6 Å². The number of aromatic nitrogens is 2. The van der Waals surface area contributed by atoms with Crippen molar-refractivity contribution in [1.29, 1.82) is 0 Å². The Morgan fingerprint density at radius 3 is 3.00 bits per heavy atom. The molecule has 4 aromatic rings. The van der Waals surface area contributed by atoms with Gasteiger partial charge in [-0.1, -0.05) is 6.07 Å². The first-order chi connectivity index (χ1) is 10.8. The van der Waals surface area contributed by atoms with Crippen molar-refractivity contribution in [2.75, 3.05) is 0 Å². The van der Waals surface area contributed by atoms with Crippen molar-refractivity contribution < 1.29 is 4.42 Å². The molecule has 0 aromatic carbocycles. The molecular formula is C15H9N3O2S2. The molecule has 108 valence electrons. The van der Waals surface area contributed by atoms with Crippen LogP contribution in [0.3, 0.4) is 0 Å². The number of rotatable bonds is 3. The zero-order valence-corrected chi connectivity index (χ0v) is 12.8. The second-order valence-corrected chi connectivity index (χ2v) is 6.27. The minimum atomic E-state index is -0.183. The van der Waals surface area contributed by atoms with E-state index in [1.54, 1.807) is 29.7 Å². The van der Waals surface area contributed by atoms with Gasteiger partial charge in [0.05, 0.1) is 17.9 Å². The van der Waals surface area contributed by atoms with Gasteiger partial charge in [-0.3, -0.25) is 4.79 Å². The summed E-state index contributed by atoms with van der Waals surface area (Å²) in [5, 5.41) is 8.69. The van der Waals surface area contributed by atoms with Crippen LogP contribution in [-0.4, -0.2) is 15.9 Å². The van der Waals surface area contributed by atoms with E-state index in [0.29, 0.717) is 11.1 Å². The molecule has 0 radical (unpaired) electrons. The van der Waals surface area contributed by atoms with E-state index < -0.39 is 0 Å². The van der Waals surface area contributed by atoms with Gasteiger partial charge in [-0.2, -0.15) is 9.78 Å². The van der Waals surface area contributed by atoms with Crippen LogP contribution in [0.5, 0.6) is 0 Å². The molecule has 0 saturated carbocycles. The Labute approximate surface area is 132 Å². The lowest BCUT2D eigenvalue weighted by Gasteiger charge is -1.98. The van der Waals surface area contributed by atoms with Gasteiger partial charge in [-0.15, -0.1) is 22.7 Å². The Bertz CT molecular complexity index is 995. The SMILES string of the molecule is O=c1c2c(-c3cccs3)csc2ncn1N=Cc1ccco1. The van der Waals surface area contributed by atoms with Crippen LogP contribution < -0.4 is 5.56 Å². The number of hydrogen-bond acceptors (Lipinski definition) is 6. The number of fused-ring (bicyclic) bond motifs is 1. The average molecular weight is 327 g/mol. The molecule has 0 bridgehead atoms. The monoisotopic (exact) mass is 327 g/mol. The maximum absolute atomic E-state index is 12.7. The van der Waals surface area contributed by atoms with Crippen LogP contribution in [0, 0.1) is 0 Å². The molecule has 0 saturated heterocycles. The molecule has 0 N–H and O–H groups in total. The van der Waals surface area contributed by atoms with Gasteiger partial charge in [0, 0.05) is 15.8 Å².